The third-order valence-corrected chi connectivity index (χ3v) is 6.28. The van der Waals surface area contributed by atoms with Crippen molar-refractivity contribution in [2.24, 2.45) is 0 Å². The molecule has 1 amide bonds. The van der Waals surface area contributed by atoms with E-state index in [0.29, 0.717) is 0 Å². The van der Waals surface area contributed by atoms with E-state index in [1.165, 1.54) is 23.1 Å². The average molecular weight is 408 g/mol. The van der Waals surface area contributed by atoms with Crippen LogP contribution < -0.4 is 0 Å². The number of rotatable bonds is 3. The van der Waals surface area contributed by atoms with Gasteiger partial charge in [-0.15, -0.1) is 0 Å². The molecule has 28 heavy (non-hydrogen) atoms. The summed E-state index contributed by atoms with van der Waals surface area (Å²) in [6, 6.07) is 3.84. The maximum Gasteiger partial charge on any atom is 0.410 e. The zero-order chi connectivity index (χ0) is 20.7. The van der Waals surface area contributed by atoms with Gasteiger partial charge in [-0.1, -0.05) is 0 Å². The molecule has 0 unspecified atom stereocenters. The van der Waals surface area contributed by atoms with E-state index in [2.05, 4.69) is 9.97 Å². The quantitative estimate of drug-likeness (QED) is 0.558. The SMILES string of the molecule is CC(C)(C)OC(=O)N1CC[C@@H](S(=O)(=O)c2cnc3cc([N+](=O)[O-])ccc3n2)C1. The number of nitro groups is 1. The molecule has 10 nitrogen and oxygen atoms in total. The molecule has 11 heteroatoms. The molecule has 0 aliphatic carbocycles. The molecule has 0 saturated carbocycles. The summed E-state index contributed by atoms with van der Waals surface area (Å²) in [5, 5.41) is 9.80. The van der Waals surface area contributed by atoms with E-state index in [9.17, 15) is 23.3 Å². The molecule has 150 valence electrons. The summed E-state index contributed by atoms with van der Waals surface area (Å²) in [6.45, 7) is 5.50. The van der Waals surface area contributed by atoms with Gasteiger partial charge in [0, 0.05) is 25.2 Å². The number of likely N-dealkylation sites (tertiary alicyclic amines) is 1. The minimum absolute atomic E-state index is 0.0111. The molecule has 1 atom stereocenters. The molecule has 1 aromatic heterocycles. The first kappa shape index (κ1) is 19.9. The fourth-order valence-corrected chi connectivity index (χ4v) is 4.44. The molecule has 0 N–H and O–H groups in total. The molecule has 1 aromatic carbocycles. The minimum Gasteiger partial charge on any atom is -0.444 e. The molecule has 3 rings (SSSR count). The van der Waals surface area contributed by atoms with Crippen molar-refractivity contribution >= 4 is 32.7 Å². The van der Waals surface area contributed by atoms with E-state index in [1.54, 1.807) is 20.8 Å². The topological polar surface area (TPSA) is 133 Å². The van der Waals surface area contributed by atoms with E-state index in [-0.39, 0.29) is 41.3 Å². The Morgan fingerprint density at radius 2 is 2.04 bits per heavy atom. The van der Waals surface area contributed by atoms with Gasteiger partial charge in [0.2, 0.25) is 9.84 Å². The van der Waals surface area contributed by atoms with Crippen molar-refractivity contribution < 1.29 is 22.9 Å². The largest absolute Gasteiger partial charge is 0.444 e. The number of non-ortho nitro benzene ring substituents is 1. The van der Waals surface area contributed by atoms with Crippen LogP contribution in [0.3, 0.4) is 0 Å². The maximum atomic E-state index is 12.9. The maximum absolute atomic E-state index is 12.9. The lowest BCUT2D eigenvalue weighted by molar-refractivity contribution is -0.384. The lowest BCUT2D eigenvalue weighted by atomic mass is 10.2. The van der Waals surface area contributed by atoms with Gasteiger partial charge in [0.15, 0.2) is 5.03 Å². The number of ether oxygens (including phenoxy) is 1. The number of fused-ring (bicyclic) bond motifs is 1. The van der Waals surface area contributed by atoms with Crippen LogP contribution in [-0.4, -0.2) is 58.2 Å². The fraction of sp³-hybridized carbons (Fsp3) is 0.471. The number of amides is 1. The highest BCUT2D eigenvalue weighted by Gasteiger charge is 2.38. The van der Waals surface area contributed by atoms with Crippen molar-refractivity contribution in [1.29, 1.82) is 0 Å². The number of carbonyl (C=O) groups is 1. The van der Waals surface area contributed by atoms with Crippen LogP contribution in [0.5, 0.6) is 0 Å². The molecule has 0 spiro atoms. The number of aromatic nitrogens is 2. The summed E-state index contributed by atoms with van der Waals surface area (Å²) in [7, 11) is -3.82. The van der Waals surface area contributed by atoms with E-state index in [0.717, 1.165) is 6.20 Å². The lowest BCUT2D eigenvalue weighted by Crippen LogP contribution is -2.36. The number of sulfone groups is 1. The number of nitro benzene ring substituents is 1. The van der Waals surface area contributed by atoms with Gasteiger partial charge < -0.3 is 9.64 Å². The van der Waals surface area contributed by atoms with E-state index >= 15 is 0 Å². The highest BCUT2D eigenvalue weighted by atomic mass is 32.2. The van der Waals surface area contributed by atoms with Gasteiger partial charge in [0.1, 0.15) is 5.60 Å². The second-order valence-electron chi connectivity index (χ2n) is 7.52. The molecule has 2 heterocycles. The molecule has 1 aliphatic rings. The molecule has 2 aromatic rings. The van der Waals surface area contributed by atoms with Crippen molar-refractivity contribution in [2.45, 2.75) is 43.1 Å². The first-order chi connectivity index (χ1) is 13.0. The molecule has 0 radical (unpaired) electrons. The number of benzene rings is 1. The van der Waals surface area contributed by atoms with Gasteiger partial charge in [0.05, 0.1) is 27.4 Å². The summed E-state index contributed by atoms with van der Waals surface area (Å²) >= 11 is 0. The van der Waals surface area contributed by atoms with Crippen molar-refractivity contribution in [3.63, 3.8) is 0 Å². The fourth-order valence-electron chi connectivity index (χ4n) is 2.88. The highest BCUT2D eigenvalue weighted by Crippen LogP contribution is 2.26. The van der Waals surface area contributed by atoms with Gasteiger partial charge in [-0.25, -0.2) is 18.2 Å². The molecule has 1 aliphatic heterocycles. The van der Waals surface area contributed by atoms with Crippen molar-refractivity contribution in [2.75, 3.05) is 13.1 Å². The van der Waals surface area contributed by atoms with E-state index in [1.807, 2.05) is 0 Å². The number of hydrogen-bond acceptors (Lipinski definition) is 8. The summed E-state index contributed by atoms with van der Waals surface area (Å²) < 4.78 is 31.1. The van der Waals surface area contributed by atoms with Crippen molar-refractivity contribution in [3.05, 3.63) is 34.5 Å². The number of hydrogen-bond donors (Lipinski definition) is 0. The molecular formula is C17H20N4O6S. The molecule has 0 bridgehead atoms. The van der Waals surface area contributed by atoms with Gasteiger partial charge in [0.25, 0.3) is 5.69 Å². The summed E-state index contributed by atoms with van der Waals surface area (Å²) in [5.41, 5.74) is -0.342. The first-order valence-electron chi connectivity index (χ1n) is 8.60. The van der Waals surface area contributed by atoms with E-state index < -0.39 is 31.7 Å². The van der Waals surface area contributed by atoms with Gasteiger partial charge in [-0.2, -0.15) is 0 Å². The Hall–Kier alpha value is -2.82. The molecule has 1 fully saturated rings. The van der Waals surface area contributed by atoms with Crippen molar-refractivity contribution in [3.8, 4) is 0 Å². The normalized spacial score (nSPS) is 17.7. The third-order valence-electron chi connectivity index (χ3n) is 4.24. The third kappa shape index (κ3) is 4.03. The second-order valence-corrected chi connectivity index (χ2v) is 9.70. The van der Waals surface area contributed by atoms with Crippen LogP contribution in [0.4, 0.5) is 10.5 Å². The Kier molecular flexibility index (Phi) is 4.96. The van der Waals surface area contributed by atoms with Crippen LogP contribution in [0.25, 0.3) is 11.0 Å². The molecule has 1 saturated heterocycles. The standard InChI is InChI=1S/C17H20N4O6S/c1-17(2,3)27-16(22)20-7-6-12(10-20)28(25,26)15-9-18-14-8-11(21(23)24)4-5-13(14)19-15/h4-5,8-9,12H,6-7,10H2,1-3H3/t12-/m1/s1. The van der Waals surface area contributed by atoms with E-state index in [4.69, 9.17) is 4.74 Å². The second kappa shape index (κ2) is 6.97. The monoisotopic (exact) mass is 408 g/mol. The molecular weight excluding hydrogens is 388 g/mol. The van der Waals surface area contributed by atoms with Crippen molar-refractivity contribution in [1.82, 2.24) is 14.9 Å². The van der Waals surface area contributed by atoms with Crippen LogP contribution in [0.15, 0.2) is 29.4 Å². The predicted molar refractivity (Wildman–Crippen MR) is 99.6 cm³/mol. The van der Waals surface area contributed by atoms with Crippen LogP contribution in [0.2, 0.25) is 0 Å². The van der Waals surface area contributed by atoms with Crippen LogP contribution >= 0.6 is 0 Å². The average Bonchev–Trinajstić information content (AvgIpc) is 3.10. The van der Waals surface area contributed by atoms with Crippen LogP contribution in [-0.2, 0) is 14.6 Å². The Morgan fingerprint density at radius 3 is 2.68 bits per heavy atom. The minimum atomic E-state index is -3.82. The number of carbonyl (C=O) groups excluding carboxylic acids is 1. The Labute approximate surface area is 161 Å². The number of nitrogens with zero attached hydrogens (tertiary/aromatic N) is 4. The first-order valence-corrected chi connectivity index (χ1v) is 10.1. The summed E-state index contributed by atoms with van der Waals surface area (Å²) in [6.07, 6.45) is 0.807. The zero-order valence-corrected chi connectivity index (χ0v) is 16.5. The smallest absolute Gasteiger partial charge is 0.410 e. The summed E-state index contributed by atoms with van der Waals surface area (Å²) in [4.78, 5) is 31.9. The predicted octanol–water partition coefficient (Wildman–Crippen LogP) is 2.32. The van der Waals surface area contributed by atoms with Crippen LogP contribution in [0, 0.1) is 10.1 Å². The van der Waals surface area contributed by atoms with Gasteiger partial charge >= 0.3 is 6.09 Å². The van der Waals surface area contributed by atoms with Crippen LogP contribution in [0.1, 0.15) is 27.2 Å². The highest BCUT2D eigenvalue weighted by molar-refractivity contribution is 7.92. The van der Waals surface area contributed by atoms with Gasteiger partial charge in [-0.3, -0.25) is 15.1 Å². The lowest BCUT2D eigenvalue weighted by Gasteiger charge is -2.24. The Balaban J connectivity index is 1.82. The summed E-state index contributed by atoms with van der Waals surface area (Å²) in [5.74, 6) is 0. The Bertz CT molecular complexity index is 1050. The van der Waals surface area contributed by atoms with Gasteiger partial charge in [-0.05, 0) is 33.3 Å². The Morgan fingerprint density at radius 1 is 1.32 bits per heavy atom. The zero-order valence-electron chi connectivity index (χ0n) is 15.7.